The molecule has 0 atom stereocenters. The maximum Gasteiger partial charge on any atom is 0.257 e. The van der Waals surface area contributed by atoms with Crippen LogP contribution >= 0.6 is 23.6 Å². The van der Waals surface area contributed by atoms with Crippen LogP contribution in [0.1, 0.15) is 35.5 Å². The van der Waals surface area contributed by atoms with Crippen LogP contribution in [0.5, 0.6) is 0 Å². The van der Waals surface area contributed by atoms with E-state index in [1.165, 1.54) is 16.9 Å². The molecule has 2 aromatic heterocycles. The predicted molar refractivity (Wildman–Crippen MR) is 104 cm³/mol. The number of aryl methyl sites for hydroxylation is 2. The molecule has 0 radical (unpaired) electrons. The van der Waals surface area contributed by atoms with Gasteiger partial charge in [0.15, 0.2) is 3.95 Å². The minimum Gasteiger partial charge on any atom is -0.350 e. The molecule has 0 unspecified atom stereocenters. The number of benzene rings is 1. The molecule has 0 aliphatic rings. The summed E-state index contributed by atoms with van der Waals surface area (Å²) >= 11 is 6.69. The van der Waals surface area contributed by atoms with E-state index in [0.29, 0.717) is 21.2 Å². The molecule has 0 spiro atoms. The molecule has 0 saturated heterocycles. The van der Waals surface area contributed by atoms with E-state index < -0.39 is 0 Å². The van der Waals surface area contributed by atoms with E-state index in [9.17, 15) is 4.79 Å². The molecule has 130 valence electrons. The van der Waals surface area contributed by atoms with Gasteiger partial charge in [-0.25, -0.2) is 4.68 Å². The Kier molecular flexibility index (Phi) is 5.45. The molecule has 5 nitrogen and oxygen atoms in total. The van der Waals surface area contributed by atoms with E-state index in [2.05, 4.69) is 34.9 Å². The number of hydrogen-bond donors (Lipinski definition) is 1. The predicted octanol–water partition coefficient (Wildman–Crippen LogP) is 4.36. The molecule has 2 heterocycles. The first-order valence-corrected chi connectivity index (χ1v) is 9.45. The van der Waals surface area contributed by atoms with Crippen LogP contribution in [0.25, 0.3) is 0 Å². The molecule has 0 saturated carbocycles. The maximum atomic E-state index is 12.4. The van der Waals surface area contributed by atoms with Gasteiger partial charge in [-0.2, -0.15) is 0 Å². The highest BCUT2D eigenvalue weighted by Gasteiger charge is 2.11. The molecule has 0 aliphatic heterocycles. The van der Waals surface area contributed by atoms with Crippen molar-refractivity contribution < 1.29 is 4.79 Å². The summed E-state index contributed by atoms with van der Waals surface area (Å²) in [5.74, 6) is -0.171. The molecule has 3 aromatic rings. The first-order chi connectivity index (χ1) is 12.1. The summed E-state index contributed by atoms with van der Waals surface area (Å²) in [5.41, 5.74) is 2.96. The zero-order valence-electron chi connectivity index (χ0n) is 14.2. The Labute approximate surface area is 155 Å². The Morgan fingerprint density at radius 2 is 2.00 bits per heavy atom. The summed E-state index contributed by atoms with van der Waals surface area (Å²) < 4.78 is 4.53. The van der Waals surface area contributed by atoms with Gasteiger partial charge in [0.2, 0.25) is 5.13 Å². The highest BCUT2D eigenvalue weighted by atomic mass is 32.1. The van der Waals surface area contributed by atoms with Crippen molar-refractivity contribution in [3.63, 3.8) is 0 Å². The van der Waals surface area contributed by atoms with Gasteiger partial charge in [0.1, 0.15) is 0 Å². The molecule has 1 N–H and O–H groups in total. The molecular weight excluding hydrogens is 352 g/mol. The minimum absolute atomic E-state index is 0.171. The fourth-order valence-corrected chi connectivity index (χ4v) is 3.57. The van der Waals surface area contributed by atoms with Crippen molar-refractivity contribution in [3.05, 3.63) is 63.4 Å². The second-order valence-electron chi connectivity index (χ2n) is 5.62. The number of nitrogens with one attached hydrogen (secondary N) is 1. The van der Waals surface area contributed by atoms with Crippen molar-refractivity contribution >= 4 is 34.6 Å². The van der Waals surface area contributed by atoms with Crippen LogP contribution in [0.4, 0.5) is 5.13 Å². The third-order valence-electron chi connectivity index (χ3n) is 4.03. The number of nitrogens with zero attached hydrogens (tertiary/aromatic N) is 3. The molecule has 25 heavy (non-hydrogen) atoms. The largest absolute Gasteiger partial charge is 0.350 e. The summed E-state index contributed by atoms with van der Waals surface area (Å²) in [6.45, 7) is 5.68. The number of rotatable bonds is 6. The van der Waals surface area contributed by atoms with E-state index in [-0.39, 0.29) is 5.91 Å². The normalized spacial score (nSPS) is 10.8. The van der Waals surface area contributed by atoms with Gasteiger partial charge in [0.25, 0.3) is 5.91 Å². The van der Waals surface area contributed by atoms with Crippen molar-refractivity contribution in [2.24, 2.45) is 0 Å². The van der Waals surface area contributed by atoms with Gasteiger partial charge in [-0.1, -0.05) is 30.4 Å². The molecule has 0 aliphatic carbocycles. The fraction of sp³-hybridized carbons (Fsp3) is 0.278. The van der Waals surface area contributed by atoms with E-state index in [1.807, 2.05) is 36.5 Å². The topological polar surface area (TPSA) is 51.9 Å². The lowest BCUT2D eigenvalue weighted by Crippen LogP contribution is -2.13. The van der Waals surface area contributed by atoms with Gasteiger partial charge in [-0.3, -0.25) is 10.1 Å². The highest BCUT2D eigenvalue weighted by molar-refractivity contribution is 7.73. The zero-order valence-corrected chi connectivity index (χ0v) is 15.9. The maximum absolute atomic E-state index is 12.4. The number of carbonyl (C=O) groups is 1. The number of hydrogen-bond acceptors (Lipinski definition) is 4. The van der Waals surface area contributed by atoms with E-state index in [4.69, 9.17) is 12.2 Å². The summed E-state index contributed by atoms with van der Waals surface area (Å²) in [4.78, 5) is 12.4. The van der Waals surface area contributed by atoms with Crippen molar-refractivity contribution in [1.82, 2.24) is 14.3 Å². The summed E-state index contributed by atoms with van der Waals surface area (Å²) in [5, 5.41) is 7.80. The highest BCUT2D eigenvalue weighted by Crippen LogP contribution is 2.17. The van der Waals surface area contributed by atoms with Gasteiger partial charge >= 0.3 is 0 Å². The summed E-state index contributed by atoms with van der Waals surface area (Å²) in [6.07, 6.45) is 2.99. The van der Waals surface area contributed by atoms with Gasteiger partial charge in [0, 0.05) is 24.0 Å². The third-order valence-corrected chi connectivity index (χ3v) is 5.25. The van der Waals surface area contributed by atoms with Crippen LogP contribution in [0, 0.1) is 3.95 Å². The zero-order chi connectivity index (χ0) is 17.8. The van der Waals surface area contributed by atoms with Crippen LogP contribution in [0.15, 0.2) is 42.6 Å². The van der Waals surface area contributed by atoms with Gasteiger partial charge in [-0.15, -0.1) is 5.10 Å². The van der Waals surface area contributed by atoms with Crippen molar-refractivity contribution in [3.8, 4) is 0 Å². The van der Waals surface area contributed by atoms with Gasteiger partial charge in [-0.05, 0) is 55.4 Å². The standard InChI is InChI=1S/C18H20N4OS2/c1-3-13-7-9-14(10-8-13)16(23)19-17-20-22(18(24)25-17)12-15-6-5-11-21(15)4-2/h5-11H,3-4,12H2,1-2H3,(H,19,20,23). The second-order valence-corrected chi connectivity index (χ2v) is 7.24. The van der Waals surface area contributed by atoms with Crippen LogP contribution in [0.3, 0.4) is 0 Å². The molecule has 1 aromatic carbocycles. The van der Waals surface area contributed by atoms with E-state index in [0.717, 1.165) is 18.7 Å². The van der Waals surface area contributed by atoms with Gasteiger partial charge < -0.3 is 4.57 Å². The lowest BCUT2D eigenvalue weighted by molar-refractivity contribution is 0.102. The smallest absolute Gasteiger partial charge is 0.257 e. The van der Waals surface area contributed by atoms with Crippen molar-refractivity contribution in [1.29, 1.82) is 0 Å². The monoisotopic (exact) mass is 372 g/mol. The van der Waals surface area contributed by atoms with Gasteiger partial charge in [0.05, 0.1) is 6.54 Å². The quantitative estimate of drug-likeness (QED) is 0.654. The Morgan fingerprint density at radius 3 is 2.68 bits per heavy atom. The van der Waals surface area contributed by atoms with E-state index in [1.54, 1.807) is 4.68 Å². The Morgan fingerprint density at radius 1 is 1.24 bits per heavy atom. The number of aromatic nitrogens is 3. The fourth-order valence-electron chi connectivity index (χ4n) is 2.57. The number of carbonyl (C=O) groups excluding carboxylic acids is 1. The molecule has 1 amide bonds. The van der Waals surface area contributed by atoms with Crippen LogP contribution in [-0.2, 0) is 19.5 Å². The van der Waals surface area contributed by atoms with Crippen molar-refractivity contribution in [2.45, 2.75) is 33.4 Å². The Hall–Kier alpha value is -2.25. The lowest BCUT2D eigenvalue weighted by atomic mass is 10.1. The van der Waals surface area contributed by atoms with Crippen LogP contribution in [-0.4, -0.2) is 20.3 Å². The second kappa shape index (κ2) is 7.76. The lowest BCUT2D eigenvalue weighted by Gasteiger charge is -2.06. The van der Waals surface area contributed by atoms with Crippen LogP contribution < -0.4 is 5.32 Å². The Balaban J connectivity index is 1.73. The number of amides is 1. The third kappa shape index (κ3) is 4.05. The molecule has 0 fully saturated rings. The summed E-state index contributed by atoms with van der Waals surface area (Å²) in [7, 11) is 0. The Bertz CT molecular complexity index is 921. The van der Waals surface area contributed by atoms with Crippen LogP contribution in [0.2, 0.25) is 0 Å². The van der Waals surface area contributed by atoms with Crippen molar-refractivity contribution in [2.75, 3.05) is 5.32 Å². The first-order valence-electron chi connectivity index (χ1n) is 8.23. The molecule has 7 heteroatoms. The molecular formula is C18H20N4OS2. The number of anilines is 1. The molecule has 0 bridgehead atoms. The SMILES string of the molecule is CCc1ccc(C(=O)Nc2nn(Cc3cccn3CC)c(=S)s2)cc1. The molecule has 3 rings (SSSR count). The van der Waals surface area contributed by atoms with E-state index >= 15 is 0 Å². The average Bonchev–Trinajstić information content (AvgIpc) is 3.21. The average molecular weight is 373 g/mol. The minimum atomic E-state index is -0.171. The summed E-state index contributed by atoms with van der Waals surface area (Å²) in [6, 6.07) is 11.7. The first kappa shape index (κ1) is 17.6.